The molecule has 1 amide bonds. The highest BCUT2D eigenvalue weighted by atomic mass is 16.5. The van der Waals surface area contributed by atoms with E-state index in [4.69, 9.17) is 4.74 Å². The highest BCUT2D eigenvalue weighted by Gasteiger charge is 2.44. The molecule has 1 atom stereocenters. The molecule has 2 aliphatic rings. The maximum absolute atomic E-state index is 12.2. The molecule has 16 heavy (non-hydrogen) atoms. The molecular weight excluding hydrogens is 204 g/mol. The zero-order chi connectivity index (χ0) is 11.6. The fraction of sp³-hybridized carbons (Fsp3) is 0.833. The van der Waals surface area contributed by atoms with Crippen molar-refractivity contribution in [3.63, 3.8) is 0 Å². The van der Waals surface area contributed by atoms with Gasteiger partial charge in [-0.15, -0.1) is 0 Å². The van der Waals surface area contributed by atoms with Gasteiger partial charge in [0.1, 0.15) is 5.41 Å². The number of nitrogens with zero attached hydrogens (tertiary/aromatic N) is 1. The molecule has 0 radical (unpaired) electrons. The van der Waals surface area contributed by atoms with E-state index < -0.39 is 5.41 Å². The van der Waals surface area contributed by atoms with Gasteiger partial charge in [0.2, 0.25) is 5.91 Å². The lowest BCUT2D eigenvalue weighted by molar-refractivity contribution is -0.129. The highest BCUT2D eigenvalue weighted by molar-refractivity contribution is 5.86. The number of carbonyl (C=O) groups excluding carboxylic acids is 1. The van der Waals surface area contributed by atoms with Crippen LogP contribution in [0.3, 0.4) is 0 Å². The van der Waals surface area contributed by atoms with Crippen LogP contribution in [0.1, 0.15) is 39.0 Å². The van der Waals surface area contributed by atoms with Gasteiger partial charge in [-0.25, -0.2) is 0 Å². The number of nitrogens with one attached hydrogen (secondary N) is 1. The van der Waals surface area contributed by atoms with Crippen molar-refractivity contribution in [1.82, 2.24) is 5.32 Å². The summed E-state index contributed by atoms with van der Waals surface area (Å²) < 4.78 is 5.29. The molecule has 1 saturated heterocycles. The van der Waals surface area contributed by atoms with Crippen LogP contribution >= 0.6 is 0 Å². The van der Waals surface area contributed by atoms with Crippen LogP contribution in [0.2, 0.25) is 0 Å². The molecule has 1 heterocycles. The third-order valence-corrected chi connectivity index (χ3v) is 3.74. The Bertz CT molecular complexity index is 320. The van der Waals surface area contributed by atoms with Gasteiger partial charge in [-0.05, 0) is 26.2 Å². The van der Waals surface area contributed by atoms with Crippen LogP contribution in [-0.4, -0.2) is 24.7 Å². The normalized spacial score (nSPS) is 32.2. The number of hydrogen-bond acceptors (Lipinski definition) is 3. The van der Waals surface area contributed by atoms with Gasteiger partial charge < -0.3 is 10.1 Å². The monoisotopic (exact) mass is 222 g/mol. The molecule has 0 spiro atoms. The molecule has 0 aromatic carbocycles. The molecule has 1 unspecified atom stereocenters. The van der Waals surface area contributed by atoms with Crippen molar-refractivity contribution in [2.45, 2.75) is 44.6 Å². The van der Waals surface area contributed by atoms with Gasteiger partial charge in [0, 0.05) is 6.61 Å². The van der Waals surface area contributed by atoms with Crippen LogP contribution in [0.4, 0.5) is 0 Å². The van der Waals surface area contributed by atoms with Crippen molar-refractivity contribution in [1.29, 1.82) is 5.26 Å². The molecule has 0 aromatic rings. The summed E-state index contributed by atoms with van der Waals surface area (Å²) in [5, 5.41) is 12.2. The lowest BCUT2D eigenvalue weighted by Crippen LogP contribution is -2.51. The van der Waals surface area contributed by atoms with Crippen molar-refractivity contribution in [2.24, 2.45) is 5.41 Å². The predicted molar refractivity (Wildman–Crippen MR) is 58.5 cm³/mol. The fourth-order valence-electron chi connectivity index (χ4n) is 2.53. The Balaban J connectivity index is 2.04. The van der Waals surface area contributed by atoms with E-state index in [1.165, 1.54) is 0 Å². The maximum atomic E-state index is 12.2. The van der Waals surface area contributed by atoms with Crippen molar-refractivity contribution >= 4 is 5.91 Å². The van der Waals surface area contributed by atoms with Crippen molar-refractivity contribution in [3.8, 4) is 6.07 Å². The first-order valence-corrected chi connectivity index (χ1v) is 5.92. The van der Waals surface area contributed by atoms with Crippen LogP contribution in [0.25, 0.3) is 0 Å². The van der Waals surface area contributed by atoms with Crippen LogP contribution in [0.5, 0.6) is 0 Å². The van der Waals surface area contributed by atoms with Crippen LogP contribution < -0.4 is 5.32 Å². The Hall–Kier alpha value is -1.08. The second-order valence-electron chi connectivity index (χ2n) is 5.22. The molecule has 0 aromatic heterocycles. The Morgan fingerprint density at radius 3 is 2.56 bits per heavy atom. The Labute approximate surface area is 96.0 Å². The van der Waals surface area contributed by atoms with Crippen molar-refractivity contribution in [2.75, 3.05) is 13.2 Å². The first-order chi connectivity index (χ1) is 7.60. The zero-order valence-corrected chi connectivity index (χ0v) is 9.71. The van der Waals surface area contributed by atoms with E-state index >= 15 is 0 Å². The minimum absolute atomic E-state index is 0.0968. The van der Waals surface area contributed by atoms with E-state index in [0.29, 0.717) is 26.1 Å². The number of nitriles is 1. The summed E-state index contributed by atoms with van der Waals surface area (Å²) in [6.07, 6.45) is 4.20. The van der Waals surface area contributed by atoms with Crippen LogP contribution in [-0.2, 0) is 9.53 Å². The van der Waals surface area contributed by atoms with E-state index in [9.17, 15) is 10.1 Å². The Morgan fingerprint density at radius 1 is 1.38 bits per heavy atom. The number of amides is 1. The van der Waals surface area contributed by atoms with Gasteiger partial charge in [0.05, 0.1) is 18.2 Å². The molecule has 4 heteroatoms. The molecular formula is C12H18N2O2. The van der Waals surface area contributed by atoms with Crippen molar-refractivity contribution < 1.29 is 9.53 Å². The molecule has 2 rings (SSSR count). The summed E-state index contributed by atoms with van der Waals surface area (Å²) in [4.78, 5) is 12.2. The Morgan fingerprint density at radius 2 is 2.06 bits per heavy atom. The smallest absolute Gasteiger partial charge is 0.240 e. The first kappa shape index (κ1) is 11.4. The first-order valence-electron chi connectivity index (χ1n) is 5.92. The fourth-order valence-corrected chi connectivity index (χ4v) is 2.53. The maximum Gasteiger partial charge on any atom is 0.240 e. The van der Waals surface area contributed by atoms with E-state index in [1.54, 1.807) is 0 Å². The molecule has 1 N–H and O–H groups in total. The lowest BCUT2D eigenvalue weighted by atomic mass is 9.85. The molecule has 2 fully saturated rings. The number of hydrogen-bond donors (Lipinski definition) is 1. The minimum atomic E-state index is -0.772. The topological polar surface area (TPSA) is 62.1 Å². The summed E-state index contributed by atoms with van der Waals surface area (Å²) in [6.45, 7) is 3.23. The second kappa shape index (κ2) is 4.06. The predicted octanol–water partition coefficient (Wildman–Crippen LogP) is 1.37. The summed E-state index contributed by atoms with van der Waals surface area (Å²) in [5.41, 5.74) is -1.05. The molecule has 1 saturated carbocycles. The zero-order valence-electron chi connectivity index (χ0n) is 9.71. The van der Waals surface area contributed by atoms with E-state index in [1.807, 2.05) is 6.92 Å². The lowest BCUT2D eigenvalue weighted by Gasteiger charge is -2.28. The SMILES string of the molecule is CC1(NC(=O)C2(C#N)CCCC2)CCOC1. The minimum Gasteiger partial charge on any atom is -0.379 e. The standard InChI is InChI=1S/C12H18N2O2/c1-11(6-7-16-9-11)14-10(15)12(8-13)4-2-3-5-12/h2-7,9H2,1H3,(H,14,15). The quantitative estimate of drug-likeness (QED) is 0.767. The van der Waals surface area contributed by atoms with E-state index in [2.05, 4.69) is 11.4 Å². The van der Waals surface area contributed by atoms with Gasteiger partial charge >= 0.3 is 0 Å². The average Bonchev–Trinajstić information content (AvgIpc) is 2.87. The number of ether oxygens (including phenoxy) is 1. The van der Waals surface area contributed by atoms with Gasteiger partial charge in [-0.2, -0.15) is 5.26 Å². The van der Waals surface area contributed by atoms with Crippen LogP contribution in [0.15, 0.2) is 0 Å². The molecule has 1 aliphatic heterocycles. The van der Waals surface area contributed by atoms with Crippen molar-refractivity contribution in [3.05, 3.63) is 0 Å². The Kier molecular flexibility index (Phi) is 2.90. The van der Waals surface area contributed by atoms with E-state index in [-0.39, 0.29) is 11.4 Å². The summed E-state index contributed by atoms with van der Waals surface area (Å²) in [5.74, 6) is -0.0968. The van der Waals surface area contributed by atoms with E-state index in [0.717, 1.165) is 19.3 Å². The number of carbonyl (C=O) groups is 1. The molecule has 4 nitrogen and oxygen atoms in total. The average molecular weight is 222 g/mol. The molecule has 0 bridgehead atoms. The van der Waals surface area contributed by atoms with Gasteiger partial charge in [-0.1, -0.05) is 12.8 Å². The largest absolute Gasteiger partial charge is 0.379 e. The third-order valence-electron chi connectivity index (χ3n) is 3.74. The summed E-state index contributed by atoms with van der Waals surface area (Å²) in [6, 6.07) is 2.22. The summed E-state index contributed by atoms with van der Waals surface area (Å²) in [7, 11) is 0. The van der Waals surface area contributed by atoms with Gasteiger partial charge in [0.15, 0.2) is 0 Å². The third kappa shape index (κ3) is 1.92. The number of rotatable bonds is 2. The van der Waals surface area contributed by atoms with Gasteiger partial charge in [-0.3, -0.25) is 4.79 Å². The highest BCUT2D eigenvalue weighted by Crippen LogP contribution is 2.38. The summed E-state index contributed by atoms with van der Waals surface area (Å²) >= 11 is 0. The van der Waals surface area contributed by atoms with Gasteiger partial charge in [0.25, 0.3) is 0 Å². The van der Waals surface area contributed by atoms with Crippen LogP contribution in [0, 0.1) is 16.7 Å². The molecule has 88 valence electrons. The second-order valence-corrected chi connectivity index (χ2v) is 5.22. The molecule has 1 aliphatic carbocycles.